The third kappa shape index (κ3) is 7.02. The maximum atomic E-state index is 2.91. The van der Waals surface area contributed by atoms with Gasteiger partial charge in [0.15, 0.2) is 0 Å². The summed E-state index contributed by atoms with van der Waals surface area (Å²) in [5.41, 5.74) is 23.8. The standard InChI is InChI=1S/2C22H25.C3H7.CH3.2ClH.H2Si.Zr/c2*1-14-10-15(2)12-18(11-14)19-9-7-8-17-13-20(22(4,5)6)16(3)21(17)19;1-3-2;;;;;/h2*7-13H,1-6H3;1,3H2,2H3;1H3;2*1H;1H2;. The van der Waals surface area contributed by atoms with Gasteiger partial charge in [-0.05, 0) is 0 Å². The summed E-state index contributed by atoms with van der Waals surface area (Å²) in [7, 11) is 0. The molecule has 6 rings (SSSR count). The predicted octanol–water partition coefficient (Wildman–Crippen LogP) is 14.7. The third-order valence-electron chi connectivity index (χ3n) is 12.3. The average molecular weight is 831 g/mol. The van der Waals surface area contributed by atoms with Crippen LogP contribution in [0.5, 0.6) is 0 Å². The van der Waals surface area contributed by atoms with Gasteiger partial charge in [0.2, 0.25) is 0 Å². The van der Waals surface area contributed by atoms with Gasteiger partial charge in [-0.2, -0.15) is 0 Å². The summed E-state index contributed by atoms with van der Waals surface area (Å²) in [5.74, 6) is 0. The molecule has 0 aliphatic heterocycles. The minimum Gasteiger partial charge on any atom is -0.147 e. The van der Waals surface area contributed by atoms with Crippen molar-refractivity contribution in [1.29, 1.82) is 0 Å². The van der Waals surface area contributed by atoms with Gasteiger partial charge in [0.25, 0.3) is 0 Å². The van der Waals surface area contributed by atoms with Crippen molar-refractivity contribution in [2.24, 2.45) is 10.8 Å². The number of benzene rings is 4. The van der Waals surface area contributed by atoms with Gasteiger partial charge in [0, 0.05) is 0 Å². The van der Waals surface area contributed by atoms with E-state index in [9.17, 15) is 0 Å². The molecule has 2 atom stereocenters. The Labute approximate surface area is 331 Å². The number of hydrogen-bond donors (Lipinski definition) is 0. The van der Waals surface area contributed by atoms with Crippen LogP contribution in [0.25, 0.3) is 33.4 Å². The Bertz CT molecular complexity index is 2000. The third-order valence-corrected chi connectivity index (χ3v) is 35.4. The van der Waals surface area contributed by atoms with E-state index in [0.29, 0.717) is 7.25 Å². The first-order valence-corrected chi connectivity index (χ1v) is 32.1. The fraction of sp³-hybridized carbons (Fsp3) is 0.417. The largest absolute Gasteiger partial charge is 0.147 e. The smallest absolute Gasteiger partial charge is 0.147 e. The molecule has 0 saturated carbocycles. The van der Waals surface area contributed by atoms with Crippen molar-refractivity contribution >= 4 is 42.8 Å². The molecule has 278 valence electrons. The molecular weight excluding hydrogens is 767 g/mol. The maximum Gasteiger partial charge on any atom is -0.147 e. The summed E-state index contributed by atoms with van der Waals surface area (Å²) < 4.78 is 5.20. The first-order valence-electron chi connectivity index (χ1n) is 19.1. The van der Waals surface area contributed by atoms with Crippen LogP contribution in [0.2, 0.25) is 8.76 Å². The molecule has 4 heteroatoms. The molecule has 0 N–H and O–H groups in total. The van der Waals surface area contributed by atoms with E-state index in [1.807, 2.05) is 0 Å². The minimum atomic E-state index is -4.05. The van der Waals surface area contributed by atoms with Crippen molar-refractivity contribution in [1.82, 2.24) is 0 Å². The van der Waals surface area contributed by atoms with Gasteiger partial charge in [0.1, 0.15) is 0 Å². The van der Waals surface area contributed by atoms with Crippen LogP contribution in [0.1, 0.15) is 120 Å². The second-order valence-electron chi connectivity index (χ2n) is 19.0. The topological polar surface area (TPSA) is 0 Å². The minimum absolute atomic E-state index is 0. The van der Waals surface area contributed by atoms with Crippen LogP contribution >= 0.6 is 24.8 Å². The number of halogens is 2. The van der Waals surface area contributed by atoms with Crippen molar-refractivity contribution in [3.05, 3.63) is 128 Å². The number of rotatable bonds is 6. The Hall–Kier alpha value is -1.96. The van der Waals surface area contributed by atoms with Crippen molar-refractivity contribution in [3.63, 3.8) is 0 Å². The maximum absolute atomic E-state index is 4.05. The fourth-order valence-corrected chi connectivity index (χ4v) is 37.2. The second kappa shape index (κ2) is 14.6. The average Bonchev–Trinajstić information content (AvgIpc) is 3.49. The molecule has 0 amide bonds. The van der Waals surface area contributed by atoms with E-state index in [0.717, 1.165) is 0 Å². The van der Waals surface area contributed by atoms with Crippen molar-refractivity contribution in [3.8, 4) is 22.3 Å². The second-order valence-corrected chi connectivity index (χ2v) is 47.4. The van der Waals surface area contributed by atoms with Crippen molar-refractivity contribution < 1.29 is 17.4 Å². The molecule has 0 aromatic heterocycles. The Morgan fingerprint density at radius 1 is 0.558 bits per heavy atom. The van der Waals surface area contributed by atoms with Gasteiger partial charge >= 0.3 is 309 Å². The van der Waals surface area contributed by atoms with E-state index in [-0.39, 0.29) is 35.6 Å². The van der Waals surface area contributed by atoms with Crippen LogP contribution in [-0.2, 0) is 17.4 Å². The number of fused-ring (bicyclic) bond motifs is 2. The summed E-state index contributed by atoms with van der Waals surface area (Å²) in [5, 5.41) is 0. The Kier molecular flexibility index (Phi) is 12.0. The zero-order valence-corrected chi connectivity index (χ0v) is 40.0. The van der Waals surface area contributed by atoms with Crippen LogP contribution < -0.4 is 0 Å². The zero-order valence-electron chi connectivity index (χ0n) is 34.5. The van der Waals surface area contributed by atoms with Gasteiger partial charge in [-0.25, -0.2) is 0 Å². The molecule has 0 fully saturated rings. The summed E-state index contributed by atoms with van der Waals surface area (Å²) in [6.45, 7) is 34.0. The molecule has 0 nitrogen and oxygen atoms in total. The Morgan fingerprint density at radius 2 is 0.885 bits per heavy atom. The Balaban J connectivity index is 0.00000302. The van der Waals surface area contributed by atoms with E-state index < -0.39 is 17.4 Å². The normalized spacial score (nSPS) is 17.5. The number of aryl methyl sites for hydroxylation is 4. The molecule has 4 aromatic rings. The molecule has 0 heterocycles. The van der Waals surface area contributed by atoms with Crippen molar-refractivity contribution in [2.45, 2.75) is 112 Å². The van der Waals surface area contributed by atoms with Crippen molar-refractivity contribution in [2.75, 3.05) is 0 Å². The summed E-state index contributed by atoms with van der Waals surface area (Å²) in [4.78, 5) is 0. The van der Waals surface area contributed by atoms with Gasteiger partial charge < -0.3 is 0 Å². The molecule has 2 unspecified atom stereocenters. The summed E-state index contributed by atoms with van der Waals surface area (Å²) in [6, 6.07) is 28.9. The SMILES string of the molecule is CC[CH2][Zr]([CH3])(=[SiH2])([CH]1C(C(C)(C)C)=C(C)c2c(-c3cc(C)cc(C)c3)cccc21)[CH]1C(C(C)(C)C)=C(C)c2c(-c3cc(C)cc(C)c3)cccc21.Cl.Cl. The molecule has 2 aliphatic rings. The molecule has 0 saturated heterocycles. The van der Waals surface area contributed by atoms with Crippen LogP contribution in [0.3, 0.4) is 0 Å². The molecule has 52 heavy (non-hydrogen) atoms. The summed E-state index contributed by atoms with van der Waals surface area (Å²) in [6.07, 6.45) is 1.23. The van der Waals surface area contributed by atoms with Gasteiger partial charge in [0.05, 0.1) is 0 Å². The molecular formula is C48H64Cl2SiZr. The molecule has 4 aromatic carbocycles. The van der Waals surface area contributed by atoms with Crippen LogP contribution in [0.15, 0.2) is 83.9 Å². The first-order chi connectivity index (χ1) is 23.2. The predicted molar refractivity (Wildman–Crippen MR) is 236 cm³/mol. The molecule has 0 bridgehead atoms. The first kappa shape index (κ1) is 42.8. The molecule has 0 radical (unpaired) electrons. The number of allylic oxidation sites excluding steroid dienone is 4. The molecule has 0 spiro atoms. The van der Waals surface area contributed by atoms with Gasteiger partial charge in [-0.15, -0.1) is 24.8 Å². The van der Waals surface area contributed by atoms with Crippen LogP contribution in [0.4, 0.5) is 0 Å². The van der Waals surface area contributed by atoms with Crippen LogP contribution in [0, 0.1) is 38.5 Å². The number of hydrogen-bond acceptors (Lipinski definition) is 0. The summed E-state index contributed by atoms with van der Waals surface area (Å²) >= 11 is -4.05. The van der Waals surface area contributed by atoms with E-state index >= 15 is 0 Å². The fourth-order valence-electron chi connectivity index (χ4n) is 11.2. The zero-order chi connectivity index (χ0) is 36.7. The van der Waals surface area contributed by atoms with E-state index in [4.69, 9.17) is 0 Å². The van der Waals surface area contributed by atoms with E-state index in [1.54, 1.807) is 22.3 Å². The van der Waals surface area contributed by atoms with E-state index in [1.165, 1.54) is 77.3 Å². The molecule has 2 aliphatic carbocycles. The quantitative estimate of drug-likeness (QED) is 0.170. The van der Waals surface area contributed by atoms with Gasteiger partial charge in [-0.1, -0.05) is 0 Å². The monoisotopic (exact) mass is 828 g/mol. The van der Waals surface area contributed by atoms with Crippen LogP contribution in [-0.4, -0.2) is 6.88 Å². The van der Waals surface area contributed by atoms with Gasteiger partial charge in [-0.3, -0.25) is 0 Å². The Morgan fingerprint density at radius 3 is 1.17 bits per heavy atom. The van der Waals surface area contributed by atoms with E-state index in [2.05, 4.69) is 174 Å².